The lowest BCUT2D eigenvalue weighted by molar-refractivity contribution is 0.0864. The Hall–Kier alpha value is -2.20. The molecule has 4 heteroatoms. The highest BCUT2D eigenvalue weighted by atomic mass is 19.1. The minimum absolute atomic E-state index is 0.0430. The van der Waals surface area contributed by atoms with Crippen LogP contribution in [-0.4, -0.2) is 16.9 Å². The van der Waals surface area contributed by atoms with Crippen molar-refractivity contribution in [2.24, 2.45) is 5.92 Å². The first-order valence-corrected chi connectivity index (χ1v) is 9.92. The van der Waals surface area contributed by atoms with Gasteiger partial charge in [-0.1, -0.05) is 12.1 Å². The molecule has 1 aliphatic rings. The van der Waals surface area contributed by atoms with E-state index in [9.17, 15) is 9.18 Å². The second-order valence-corrected chi connectivity index (χ2v) is 9.24. The molecule has 2 aromatic carbocycles. The molecule has 0 bridgehead atoms. The molecule has 2 aromatic rings. The third kappa shape index (κ3) is 5.65. The van der Waals surface area contributed by atoms with Crippen LogP contribution in [-0.2, 0) is 6.61 Å². The first-order chi connectivity index (χ1) is 13.1. The molecular formula is C24H30FNO2. The fourth-order valence-electron chi connectivity index (χ4n) is 4.59. The number of hydrogen-bond acceptors (Lipinski definition) is 3. The molecule has 0 atom stereocenters. The lowest BCUT2D eigenvalue weighted by Crippen LogP contribution is -2.57. The van der Waals surface area contributed by atoms with E-state index in [4.69, 9.17) is 4.74 Å². The molecule has 1 aliphatic heterocycles. The van der Waals surface area contributed by atoms with Crippen molar-refractivity contribution in [1.29, 1.82) is 0 Å². The summed E-state index contributed by atoms with van der Waals surface area (Å²) in [5.41, 5.74) is 1.58. The van der Waals surface area contributed by atoms with Gasteiger partial charge in [0.05, 0.1) is 0 Å². The normalized spacial score (nSPS) is 18.6. The van der Waals surface area contributed by atoms with Gasteiger partial charge in [0.2, 0.25) is 0 Å². The molecule has 0 saturated carbocycles. The number of carbonyl (C=O) groups excluding carboxylic acids is 1. The van der Waals surface area contributed by atoms with Gasteiger partial charge in [0.15, 0.2) is 5.78 Å². The van der Waals surface area contributed by atoms with Gasteiger partial charge in [0, 0.05) is 23.1 Å². The average Bonchev–Trinajstić information content (AvgIpc) is 2.57. The van der Waals surface area contributed by atoms with E-state index in [1.54, 1.807) is 6.07 Å². The van der Waals surface area contributed by atoms with Crippen molar-refractivity contribution in [3.8, 4) is 5.75 Å². The molecule has 0 radical (unpaired) electrons. The van der Waals surface area contributed by atoms with Crippen LogP contribution in [0.15, 0.2) is 48.5 Å². The molecule has 0 aliphatic carbocycles. The van der Waals surface area contributed by atoms with Crippen LogP contribution >= 0.6 is 0 Å². The summed E-state index contributed by atoms with van der Waals surface area (Å²) in [6.07, 6.45) is 2.56. The van der Waals surface area contributed by atoms with Gasteiger partial charge < -0.3 is 10.1 Å². The van der Waals surface area contributed by atoms with Gasteiger partial charge in [-0.05, 0) is 88.4 Å². The van der Waals surface area contributed by atoms with Crippen LogP contribution in [0.1, 0.15) is 62.9 Å². The van der Waals surface area contributed by atoms with E-state index in [2.05, 4.69) is 33.0 Å². The van der Waals surface area contributed by atoms with Crippen molar-refractivity contribution in [2.75, 3.05) is 0 Å². The molecule has 1 heterocycles. The van der Waals surface area contributed by atoms with Crippen molar-refractivity contribution >= 4 is 5.78 Å². The zero-order valence-corrected chi connectivity index (χ0v) is 17.2. The van der Waals surface area contributed by atoms with Crippen molar-refractivity contribution in [3.05, 3.63) is 65.5 Å². The van der Waals surface area contributed by atoms with Crippen LogP contribution < -0.4 is 10.1 Å². The molecule has 28 heavy (non-hydrogen) atoms. The first kappa shape index (κ1) is 20.5. The second-order valence-electron chi connectivity index (χ2n) is 9.24. The van der Waals surface area contributed by atoms with Crippen LogP contribution in [0.25, 0.3) is 0 Å². The number of benzene rings is 2. The number of carbonyl (C=O) groups is 1. The summed E-state index contributed by atoms with van der Waals surface area (Å²) >= 11 is 0. The number of halogens is 1. The Bertz CT molecular complexity index is 811. The number of ketones is 1. The highest BCUT2D eigenvalue weighted by Crippen LogP contribution is 2.35. The lowest BCUT2D eigenvalue weighted by Gasteiger charge is -2.46. The van der Waals surface area contributed by atoms with E-state index in [-0.39, 0.29) is 22.7 Å². The van der Waals surface area contributed by atoms with Crippen LogP contribution in [0.5, 0.6) is 5.75 Å². The number of rotatable bonds is 6. The highest BCUT2D eigenvalue weighted by Gasteiger charge is 2.38. The zero-order chi connectivity index (χ0) is 20.4. The van der Waals surface area contributed by atoms with Gasteiger partial charge in [0.1, 0.15) is 18.2 Å². The number of hydrogen-bond donors (Lipinski definition) is 1. The highest BCUT2D eigenvalue weighted by molar-refractivity contribution is 5.96. The van der Waals surface area contributed by atoms with E-state index in [0.29, 0.717) is 30.3 Å². The SMILES string of the molecule is CC1(C)CC(CC(=O)c2ccc(OCc3cccc(F)c3)cc2)CC(C)(C)N1. The Morgan fingerprint density at radius 1 is 1.07 bits per heavy atom. The number of ether oxygens (including phenoxy) is 1. The van der Waals surface area contributed by atoms with Crippen molar-refractivity contribution < 1.29 is 13.9 Å². The molecule has 3 rings (SSSR count). The Morgan fingerprint density at radius 2 is 1.71 bits per heavy atom. The molecular weight excluding hydrogens is 353 g/mol. The summed E-state index contributed by atoms with van der Waals surface area (Å²) in [7, 11) is 0. The third-order valence-corrected chi connectivity index (χ3v) is 5.22. The third-order valence-electron chi connectivity index (χ3n) is 5.22. The Morgan fingerprint density at radius 3 is 2.32 bits per heavy atom. The molecule has 0 aromatic heterocycles. The zero-order valence-electron chi connectivity index (χ0n) is 17.2. The molecule has 3 nitrogen and oxygen atoms in total. The van der Waals surface area contributed by atoms with E-state index >= 15 is 0 Å². The Balaban J connectivity index is 1.57. The quantitative estimate of drug-likeness (QED) is 0.666. The van der Waals surface area contributed by atoms with Crippen molar-refractivity contribution in [1.82, 2.24) is 5.32 Å². The predicted octanol–water partition coefficient (Wildman–Crippen LogP) is 5.53. The topological polar surface area (TPSA) is 38.3 Å². The largest absolute Gasteiger partial charge is 0.489 e. The van der Waals surface area contributed by atoms with E-state index < -0.39 is 0 Å². The van der Waals surface area contributed by atoms with Gasteiger partial charge in [-0.3, -0.25) is 4.79 Å². The molecule has 150 valence electrons. The first-order valence-electron chi connectivity index (χ1n) is 9.92. The van der Waals surface area contributed by atoms with Crippen molar-refractivity contribution in [2.45, 2.75) is 64.6 Å². The van der Waals surface area contributed by atoms with Crippen molar-refractivity contribution in [3.63, 3.8) is 0 Å². The smallest absolute Gasteiger partial charge is 0.163 e. The maximum atomic E-state index is 13.2. The van der Waals surface area contributed by atoms with E-state index in [1.165, 1.54) is 12.1 Å². The molecule has 1 saturated heterocycles. The van der Waals surface area contributed by atoms with Crippen LogP contribution in [0, 0.1) is 11.7 Å². The minimum atomic E-state index is -0.272. The number of nitrogens with one attached hydrogen (secondary N) is 1. The standard InChI is InChI=1S/C24H30FNO2/c1-23(2)14-18(15-24(3,4)26-23)13-22(27)19-8-10-21(11-9-19)28-16-17-6-5-7-20(25)12-17/h5-12,18,26H,13-16H2,1-4H3. The minimum Gasteiger partial charge on any atom is -0.489 e. The van der Waals surface area contributed by atoms with Gasteiger partial charge in [0.25, 0.3) is 0 Å². The fourth-order valence-corrected chi connectivity index (χ4v) is 4.59. The summed E-state index contributed by atoms with van der Waals surface area (Å²) in [5.74, 6) is 0.953. The summed E-state index contributed by atoms with van der Waals surface area (Å²) in [4.78, 5) is 12.8. The summed E-state index contributed by atoms with van der Waals surface area (Å²) in [5, 5.41) is 3.66. The number of piperidine rings is 1. The monoisotopic (exact) mass is 383 g/mol. The van der Waals surface area contributed by atoms with Crippen LogP contribution in [0.4, 0.5) is 4.39 Å². The summed E-state index contributed by atoms with van der Waals surface area (Å²) < 4.78 is 18.9. The number of Topliss-reactive ketones (excluding diaryl/α,β-unsaturated/α-hetero) is 1. The predicted molar refractivity (Wildman–Crippen MR) is 110 cm³/mol. The average molecular weight is 384 g/mol. The van der Waals surface area contributed by atoms with Gasteiger partial charge in [-0.15, -0.1) is 0 Å². The van der Waals surface area contributed by atoms with Gasteiger partial charge in [-0.25, -0.2) is 4.39 Å². The molecule has 1 fully saturated rings. The van der Waals surface area contributed by atoms with Gasteiger partial charge >= 0.3 is 0 Å². The summed E-state index contributed by atoms with van der Waals surface area (Å²) in [6, 6.07) is 13.6. The Kier molecular flexibility index (Phi) is 5.90. The molecule has 1 N–H and O–H groups in total. The molecule has 0 spiro atoms. The summed E-state index contributed by atoms with van der Waals surface area (Å²) in [6.45, 7) is 9.11. The van der Waals surface area contributed by atoms with Gasteiger partial charge in [-0.2, -0.15) is 0 Å². The van der Waals surface area contributed by atoms with E-state index in [0.717, 1.165) is 18.4 Å². The fraction of sp³-hybridized carbons (Fsp3) is 0.458. The molecule has 0 amide bonds. The lowest BCUT2D eigenvalue weighted by atomic mass is 9.74. The Labute approximate surface area is 167 Å². The van der Waals surface area contributed by atoms with E-state index in [1.807, 2.05) is 30.3 Å². The molecule has 0 unspecified atom stereocenters. The maximum absolute atomic E-state index is 13.2. The second kappa shape index (κ2) is 8.04. The maximum Gasteiger partial charge on any atom is 0.163 e. The van der Waals surface area contributed by atoms with Crippen LogP contribution in [0.2, 0.25) is 0 Å². The van der Waals surface area contributed by atoms with Crippen LogP contribution in [0.3, 0.4) is 0 Å².